The van der Waals surface area contributed by atoms with Gasteiger partial charge in [0.05, 0.1) is 7.05 Å². The van der Waals surface area contributed by atoms with Crippen LogP contribution in [0.2, 0.25) is 0 Å². The number of nitrogens with zero attached hydrogens (tertiary/aromatic N) is 2. The molecule has 0 N–H and O–H groups in total. The number of aromatic nitrogens is 2. The molecular weight excluding hydrogens is 184 g/mol. The van der Waals surface area contributed by atoms with Crippen LogP contribution in [0.4, 0.5) is 0 Å². The zero-order chi connectivity index (χ0) is 10.7. The Kier molecular flexibility index (Phi) is 2.68. The third-order valence-electron chi connectivity index (χ3n) is 2.55. The lowest BCUT2D eigenvalue weighted by Gasteiger charge is -1.93. The van der Waals surface area contributed by atoms with Gasteiger partial charge in [0, 0.05) is 6.07 Å². The molecule has 76 valence electrons. The molecule has 0 aliphatic rings. The van der Waals surface area contributed by atoms with Crippen LogP contribution in [-0.2, 0) is 14.1 Å². The van der Waals surface area contributed by atoms with Gasteiger partial charge >= 0.3 is 0 Å². The fourth-order valence-electron chi connectivity index (χ4n) is 1.48. The fourth-order valence-corrected chi connectivity index (χ4v) is 1.48. The van der Waals surface area contributed by atoms with Crippen LogP contribution < -0.4 is 4.68 Å². The highest BCUT2D eigenvalue weighted by atomic mass is 15.4. The lowest BCUT2D eigenvalue weighted by Crippen LogP contribution is -2.36. The van der Waals surface area contributed by atoms with E-state index in [2.05, 4.69) is 35.0 Å². The van der Waals surface area contributed by atoms with E-state index in [-0.39, 0.29) is 0 Å². The van der Waals surface area contributed by atoms with Gasteiger partial charge in [-0.2, -0.15) is 4.68 Å². The number of rotatable bonds is 2. The van der Waals surface area contributed by atoms with Crippen molar-refractivity contribution in [2.24, 2.45) is 14.1 Å². The number of hydrogen-bond donors (Lipinski definition) is 0. The van der Waals surface area contributed by atoms with Crippen LogP contribution in [0.25, 0.3) is 12.2 Å². The molecule has 1 aromatic carbocycles. The summed E-state index contributed by atoms with van der Waals surface area (Å²) in [5, 5.41) is 0. The van der Waals surface area contributed by atoms with Crippen molar-refractivity contribution in [1.29, 1.82) is 0 Å². The Morgan fingerprint density at radius 2 is 1.80 bits per heavy atom. The Bertz CT molecular complexity index is 467. The van der Waals surface area contributed by atoms with Gasteiger partial charge in [0.2, 0.25) is 0 Å². The minimum absolute atomic E-state index is 1.20. The summed E-state index contributed by atoms with van der Waals surface area (Å²) in [6, 6.07) is 12.4. The van der Waals surface area contributed by atoms with Crippen molar-refractivity contribution < 1.29 is 4.68 Å². The van der Waals surface area contributed by atoms with E-state index in [0.29, 0.717) is 0 Å². The van der Waals surface area contributed by atoms with Crippen LogP contribution >= 0.6 is 0 Å². The molecule has 0 saturated heterocycles. The molecule has 0 saturated carbocycles. The van der Waals surface area contributed by atoms with Crippen LogP contribution in [0.15, 0.2) is 42.6 Å². The lowest BCUT2D eigenvalue weighted by atomic mass is 10.2. The predicted octanol–water partition coefficient (Wildman–Crippen LogP) is 2.02. The van der Waals surface area contributed by atoms with Crippen LogP contribution in [-0.4, -0.2) is 4.68 Å². The Morgan fingerprint density at radius 1 is 1.07 bits per heavy atom. The van der Waals surface area contributed by atoms with E-state index in [9.17, 15) is 0 Å². The minimum Gasteiger partial charge on any atom is -0.157 e. The van der Waals surface area contributed by atoms with E-state index < -0.39 is 0 Å². The van der Waals surface area contributed by atoms with E-state index in [1.165, 1.54) is 11.3 Å². The molecule has 0 aliphatic heterocycles. The maximum atomic E-state index is 2.12. The van der Waals surface area contributed by atoms with Crippen molar-refractivity contribution in [1.82, 2.24) is 4.68 Å². The van der Waals surface area contributed by atoms with Gasteiger partial charge in [-0.1, -0.05) is 36.4 Å². The van der Waals surface area contributed by atoms with E-state index in [1.807, 2.05) is 43.2 Å². The molecule has 2 rings (SSSR count). The third-order valence-corrected chi connectivity index (χ3v) is 2.55. The first-order chi connectivity index (χ1) is 7.27. The predicted molar refractivity (Wildman–Crippen MR) is 62.0 cm³/mol. The van der Waals surface area contributed by atoms with Crippen LogP contribution in [0, 0.1) is 0 Å². The molecule has 0 fully saturated rings. The Hall–Kier alpha value is -1.83. The topological polar surface area (TPSA) is 8.81 Å². The van der Waals surface area contributed by atoms with Crippen molar-refractivity contribution >= 4 is 12.2 Å². The van der Waals surface area contributed by atoms with Crippen molar-refractivity contribution in [2.45, 2.75) is 0 Å². The zero-order valence-electron chi connectivity index (χ0n) is 9.09. The van der Waals surface area contributed by atoms with Crippen LogP contribution in [0.1, 0.15) is 11.3 Å². The second-order valence-electron chi connectivity index (χ2n) is 3.58. The van der Waals surface area contributed by atoms with Gasteiger partial charge in [-0.3, -0.25) is 0 Å². The van der Waals surface area contributed by atoms with E-state index in [4.69, 9.17) is 0 Å². The van der Waals surface area contributed by atoms with Gasteiger partial charge in [0.25, 0.3) is 0 Å². The highest BCUT2D eigenvalue weighted by Crippen LogP contribution is 2.05. The molecule has 2 nitrogen and oxygen atoms in total. The summed E-state index contributed by atoms with van der Waals surface area (Å²) >= 11 is 0. The summed E-state index contributed by atoms with van der Waals surface area (Å²) in [5.74, 6) is 0. The zero-order valence-corrected chi connectivity index (χ0v) is 9.09. The summed E-state index contributed by atoms with van der Waals surface area (Å²) < 4.78 is 4.14. The molecule has 2 heteroatoms. The smallest absolute Gasteiger partial charge is 0.157 e. The third kappa shape index (κ3) is 2.15. The maximum Gasteiger partial charge on any atom is 0.195 e. The molecule has 0 amide bonds. The first-order valence-corrected chi connectivity index (χ1v) is 5.02. The lowest BCUT2D eigenvalue weighted by molar-refractivity contribution is -0.751. The molecule has 0 spiro atoms. The highest BCUT2D eigenvalue weighted by molar-refractivity contribution is 5.67. The second-order valence-corrected chi connectivity index (χ2v) is 3.58. The monoisotopic (exact) mass is 199 g/mol. The summed E-state index contributed by atoms with van der Waals surface area (Å²) in [7, 11) is 4.07. The quantitative estimate of drug-likeness (QED) is 0.654. The van der Waals surface area contributed by atoms with E-state index in [0.717, 1.165) is 0 Å². The van der Waals surface area contributed by atoms with Gasteiger partial charge in [-0.25, -0.2) is 0 Å². The molecule has 15 heavy (non-hydrogen) atoms. The maximum absolute atomic E-state index is 2.12. The highest BCUT2D eigenvalue weighted by Gasteiger charge is 2.02. The first-order valence-electron chi connectivity index (χ1n) is 5.02. The molecule has 1 heterocycles. The van der Waals surface area contributed by atoms with E-state index >= 15 is 0 Å². The van der Waals surface area contributed by atoms with Crippen molar-refractivity contribution in [3.63, 3.8) is 0 Å². The first kappa shape index (κ1) is 9.71. The van der Waals surface area contributed by atoms with Crippen LogP contribution in [0.3, 0.4) is 0 Å². The summed E-state index contributed by atoms with van der Waals surface area (Å²) in [6.45, 7) is 0. The van der Waals surface area contributed by atoms with Gasteiger partial charge in [-0.05, 0) is 11.6 Å². The van der Waals surface area contributed by atoms with Crippen molar-refractivity contribution in [3.8, 4) is 0 Å². The number of hydrogen-bond acceptors (Lipinski definition) is 0. The Morgan fingerprint density at radius 3 is 2.40 bits per heavy atom. The molecule has 0 unspecified atom stereocenters. The normalized spacial score (nSPS) is 11.1. The van der Waals surface area contributed by atoms with Gasteiger partial charge < -0.3 is 0 Å². The summed E-state index contributed by atoms with van der Waals surface area (Å²) in [5.41, 5.74) is 2.42. The number of benzene rings is 1. The van der Waals surface area contributed by atoms with Gasteiger partial charge in [0.1, 0.15) is 5.69 Å². The van der Waals surface area contributed by atoms with Crippen molar-refractivity contribution in [3.05, 3.63) is 53.9 Å². The molecule has 2 aromatic rings. The molecule has 0 aliphatic carbocycles. The second kappa shape index (κ2) is 4.13. The molecule has 1 aromatic heterocycles. The standard InChI is InChI=1S/C13H15N2/c1-14-11-10-13(15(14)2)9-8-12-6-4-3-5-7-12/h3-11H,1-2H3/q+1/b9-8+. The van der Waals surface area contributed by atoms with Crippen LogP contribution in [0.5, 0.6) is 0 Å². The van der Waals surface area contributed by atoms with Crippen molar-refractivity contribution in [2.75, 3.05) is 0 Å². The fraction of sp³-hybridized carbons (Fsp3) is 0.154. The average Bonchev–Trinajstić information content (AvgIpc) is 2.59. The Labute approximate surface area is 90.1 Å². The summed E-state index contributed by atoms with van der Waals surface area (Å²) in [4.78, 5) is 0. The SMILES string of the molecule is Cn1c(/C=C/c2ccccc2)cc[n+]1C. The largest absolute Gasteiger partial charge is 0.195 e. The Balaban J connectivity index is 2.23. The molecule has 0 radical (unpaired) electrons. The minimum atomic E-state index is 1.20. The van der Waals surface area contributed by atoms with E-state index in [1.54, 1.807) is 0 Å². The number of aryl methyl sites for hydroxylation is 1. The average molecular weight is 199 g/mol. The summed E-state index contributed by atoms with van der Waals surface area (Å²) in [6.07, 6.45) is 6.29. The van der Waals surface area contributed by atoms with Gasteiger partial charge in [-0.15, -0.1) is 4.68 Å². The molecule has 0 bridgehead atoms. The molecule has 0 atom stereocenters. The molecular formula is C13H15N2+. The van der Waals surface area contributed by atoms with Gasteiger partial charge in [0.15, 0.2) is 13.2 Å².